The number of halogens is 1. The van der Waals surface area contributed by atoms with Crippen molar-refractivity contribution in [2.45, 2.75) is 13.3 Å². The first kappa shape index (κ1) is 13.9. The lowest BCUT2D eigenvalue weighted by Gasteiger charge is -2.21. The van der Waals surface area contributed by atoms with E-state index in [0.29, 0.717) is 5.69 Å². The Morgan fingerprint density at radius 2 is 2.19 bits per heavy atom. The van der Waals surface area contributed by atoms with E-state index in [1.165, 1.54) is 13.2 Å². The summed E-state index contributed by atoms with van der Waals surface area (Å²) in [7, 11) is 0. The van der Waals surface area contributed by atoms with E-state index in [0.717, 1.165) is 33.6 Å². The summed E-state index contributed by atoms with van der Waals surface area (Å²) < 4.78 is 5.95. The average Bonchev–Trinajstić information content (AvgIpc) is 3.08. The molecule has 21 heavy (non-hydrogen) atoms. The number of amides is 2. The van der Waals surface area contributed by atoms with Gasteiger partial charge in [-0.1, -0.05) is 15.9 Å². The van der Waals surface area contributed by atoms with E-state index >= 15 is 0 Å². The number of nitrogens with one attached hydrogen (secondary N) is 1. The zero-order valence-electron chi connectivity index (χ0n) is 11.4. The van der Waals surface area contributed by atoms with Gasteiger partial charge in [0.15, 0.2) is 5.76 Å². The molecule has 0 fully saturated rings. The van der Waals surface area contributed by atoms with Gasteiger partial charge in [0.2, 0.25) is 5.91 Å². The lowest BCUT2D eigenvalue weighted by atomic mass is 10.1. The van der Waals surface area contributed by atoms with Gasteiger partial charge in [0.05, 0.1) is 17.6 Å². The first-order valence-electron chi connectivity index (χ1n) is 6.53. The molecular formula is C15H13BrN2O3. The molecule has 0 atom stereocenters. The predicted molar refractivity (Wildman–Crippen MR) is 82.5 cm³/mol. The van der Waals surface area contributed by atoms with Crippen molar-refractivity contribution in [3.8, 4) is 0 Å². The van der Waals surface area contributed by atoms with Gasteiger partial charge in [-0.25, -0.2) is 4.90 Å². The molecule has 5 nitrogen and oxygen atoms in total. The van der Waals surface area contributed by atoms with Crippen molar-refractivity contribution in [3.05, 3.63) is 46.3 Å². The maximum absolute atomic E-state index is 12.5. The zero-order chi connectivity index (χ0) is 15.0. The van der Waals surface area contributed by atoms with Crippen molar-refractivity contribution < 1.29 is 14.0 Å². The van der Waals surface area contributed by atoms with Crippen LogP contribution in [0.25, 0.3) is 0 Å². The second kappa shape index (κ2) is 5.37. The van der Waals surface area contributed by atoms with Gasteiger partial charge in [-0.05, 0) is 36.2 Å². The molecule has 1 aromatic carbocycles. The highest BCUT2D eigenvalue weighted by Gasteiger charge is 2.28. The molecule has 3 rings (SSSR count). The Kier molecular flexibility index (Phi) is 3.55. The minimum absolute atomic E-state index is 0.136. The number of furan rings is 1. The van der Waals surface area contributed by atoms with Crippen LogP contribution in [0.3, 0.4) is 0 Å². The third-order valence-corrected chi connectivity index (χ3v) is 3.81. The molecule has 0 aliphatic carbocycles. The topological polar surface area (TPSA) is 62.6 Å². The Morgan fingerprint density at radius 3 is 2.86 bits per heavy atom. The fraction of sp³-hybridized carbons (Fsp3) is 0.200. The summed E-state index contributed by atoms with van der Waals surface area (Å²) in [6.45, 7) is 2.16. The van der Waals surface area contributed by atoms with Gasteiger partial charge in [0.1, 0.15) is 0 Å². The van der Waals surface area contributed by atoms with Gasteiger partial charge >= 0.3 is 5.91 Å². The van der Waals surface area contributed by atoms with Crippen LogP contribution in [-0.4, -0.2) is 18.4 Å². The van der Waals surface area contributed by atoms with Gasteiger partial charge < -0.3 is 9.73 Å². The Bertz CT molecular complexity index is 710. The zero-order valence-corrected chi connectivity index (χ0v) is 12.9. The maximum atomic E-state index is 12.5. The van der Waals surface area contributed by atoms with Crippen molar-refractivity contribution >= 4 is 39.1 Å². The molecule has 2 amide bonds. The van der Waals surface area contributed by atoms with E-state index in [2.05, 4.69) is 21.2 Å². The van der Waals surface area contributed by atoms with Crippen molar-refractivity contribution in [2.75, 3.05) is 16.8 Å². The SMILES string of the molecule is CC(=O)N(C(=O)c1ccco1)c1cc(Br)cc2c1NCC2. The molecule has 1 aromatic heterocycles. The van der Waals surface area contributed by atoms with Gasteiger partial charge in [-0.2, -0.15) is 0 Å². The second-order valence-corrected chi connectivity index (χ2v) is 5.69. The van der Waals surface area contributed by atoms with Crippen LogP contribution in [0.1, 0.15) is 23.0 Å². The predicted octanol–water partition coefficient (Wildman–Crippen LogP) is 3.20. The van der Waals surface area contributed by atoms with Crippen LogP contribution < -0.4 is 10.2 Å². The van der Waals surface area contributed by atoms with Crippen molar-refractivity contribution in [2.24, 2.45) is 0 Å². The number of carbonyl (C=O) groups is 2. The second-order valence-electron chi connectivity index (χ2n) is 4.77. The molecular weight excluding hydrogens is 336 g/mol. The van der Waals surface area contributed by atoms with Gasteiger partial charge in [-0.15, -0.1) is 0 Å². The molecule has 2 heterocycles. The van der Waals surface area contributed by atoms with E-state index in [4.69, 9.17) is 4.42 Å². The van der Waals surface area contributed by atoms with E-state index in [1.807, 2.05) is 6.07 Å². The maximum Gasteiger partial charge on any atom is 0.300 e. The number of fused-ring (bicyclic) bond motifs is 1. The number of carbonyl (C=O) groups excluding carboxylic acids is 2. The molecule has 0 saturated carbocycles. The Morgan fingerprint density at radius 1 is 1.38 bits per heavy atom. The summed E-state index contributed by atoms with van der Waals surface area (Å²) in [6, 6.07) is 6.92. The first-order chi connectivity index (χ1) is 10.1. The number of benzene rings is 1. The Balaban J connectivity index is 2.11. The fourth-order valence-electron chi connectivity index (χ4n) is 2.48. The minimum Gasteiger partial charge on any atom is -0.459 e. The molecule has 1 N–H and O–H groups in total. The third kappa shape index (κ3) is 2.47. The van der Waals surface area contributed by atoms with Gasteiger partial charge in [0.25, 0.3) is 0 Å². The number of hydrogen-bond acceptors (Lipinski definition) is 4. The van der Waals surface area contributed by atoms with Crippen LogP contribution >= 0.6 is 15.9 Å². The summed E-state index contributed by atoms with van der Waals surface area (Å²) >= 11 is 3.43. The monoisotopic (exact) mass is 348 g/mol. The molecule has 6 heteroatoms. The van der Waals surface area contributed by atoms with E-state index in [-0.39, 0.29) is 11.7 Å². The molecule has 0 saturated heterocycles. The molecule has 0 unspecified atom stereocenters. The van der Waals surface area contributed by atoms with E-state index in [9.17, 15) is 9.59 Å². The van der Waals surface area contributed by atoms with Crippen molar-refractivity contribution in [3.63, 3.8) is 0 Å². The van der Waals surface area contributed by atoms with Crippen LogP contribution in [-0.2, 0) is 11.2 Å². The number of anilines is 2. The summed E-state index contributed by atoms with van der Waals surface area (Å²) in [5, 5.41) is 3.23. The molecule has 2 aromatic rings. The van der Waals surface area contributed by atoms with Crippen LogP contribution in [0.4, 0.5) is 11.4 Å². The average molecular weight is 349 g/mol. The molecule has 1 aliphatic rings. The van der Waals surface area contributed by atoms with Crippen LogP contribution in [0.15, 0.2) is 39.4 Å². The molecule has 0 spiro atoms. The van der Waals surface area contributed by atoms with Crippen LogP contribution in [0.2, 0.25) is 0 Å². The van der Waals surface area contributed by atoms with Gasteiger partial charge in [-0.3, -0.25) is 9.59 Å². The van der Waals surface area contributed by atoms with E-state index in [1.54, 1.807) is 18.2 Å². The van der Waals surface area contributed by atoms with Crippen LogP contribution in [0, 0.1) is 0 Å². The lowest BCUT2D eigenvalue weighted by molar-refractivity contribution is -0.116. The largest absolute Gasteiger partial charge is 0.459 e. The number of nitrogens with zero attached hydrogens (tertiary/aromatic N) is 1. The molecule has 0 radical (unpaired) electrons. The van der Waals surface area contributed by atoms with Crippen molar-refractivity contribution in [1.82, 2.24) is 0 Å². The van der Waals surface area contributed by atoms with Crippen LogP contribution in [0.5, 0.6) is 0 Å². The smallest absolute Gasteiger partial charge is 0.300 e. The summed E-state index contributed by atoms with van der Waals surface area (Å²) in [5.41, 5.74) is 2.46. The quantitative estimate of drug-likeness (QED) is 0.905. The van der Waals surface area contributed by atoms with Crippen molar-refractivity contribution in [1.29, 1.82) is 0 Å². The number of hydrogen-bond donors (Lipinski definition) is 1. The Hall–Kier alpha value is -2.08. The minimum atomic E-state index is -0.471. The third-order valence-electron chi connectivity index (χ3n) is 3.35. The highest BCUT2D eigenvalue weighted by atomic mass is 79.9. The summed E-state index contributed by atoms with van der Waals surface area (Å²) in [4.78, 5) is 25.7. The molecule has 108 valence electrons. The summed E-state index contributed by atoms with van der Waals surface area (Å²) in [6.07, 6.45) is 2.28. The Labute approximate surface area is 130 Å². The van der Waals surface area contributed by atoms with E-state index < -0.39 is 5.91 Å². The fourth-order valence-corrected chi connectivity index (χ4v) is 2.97. The highest BCUT2D eigenvalue weighted by Crippen LogP contribution is 2.37. The standard InChI is InChI=1S/C15H13BrN2O3/c1-9(19)18(15(20)13-3-2-6-21-13)12-8-11(16)7-10-4-5-17-14(10)12/h2-3,6-8,17H,4-5H2,1H3. The molecule has 0 bridgehead atoms. The van der Waals surface area contributed by atoms with Gasteiger partial charge in [0, 0.05) is 17.9 Å². The molecule has 1 aliphatic heterocycles. The number of rotatable bonds is 2. The summed E-state index contributed by atoms with van der Waals surface area (Å²) in [5.74, 6) is -0.691. The number of imide groups is 1. The highest BCUT2D eigenvalue weighted by molar-refractivity contribution is 9.10. The first-order valence-corrected chi connectivity index (χ1v) is 7.32. The lowest BCUT2D eigenvalue weighted by Crippen LogP contribution is -2.35. The normalized spacial score (nSPS) is 12.7.